The predicted molar refractivity (Wildman–Crippen MR) is 52.5 cm³/mol. The number of nitrogens with two attached hydrogens (primary N) is 1. The molecule has 0 spiro atoms. The highest BCUT2D eigenvalue weighted by molar-refractivity contribution is 5.07. The van der Waals surface area contributed by atoms with Gasteiger partial charge >= 0.3 is 0 Å². The van der Waals surface area contributed by atoms with E-state index in [1.165, 1.54) is 19.3 Å². The maximum absolute atomic E-state index is 5.99. The lowest BCUT2D eigenvalue weighted by molar-refractivity contribution is 0.406. The van der Waals surface area contributed by atoms with E-state index in [4.69, 9.17) is 10.2 Å². The van der Waals surface area contributed by atoms with Crippen LogP contribution in [0, 0.1) is 12.8 Å². The molecule has 2 heteroatoms. The van der Waals surface area contributed by atoms with Gasteiger partial charge < -0.3 is 10.2 Å². The molecule has 1 aromatic rings. The van der Waals surface area contributed by atoms with Gasteiger partial charge in [-0.15, -0.1) is 0 Å². The zero-order chi connectivity index (χ0) is 9.26. The van der Waals surface area contributed by atoms with Crippen molar-refractivity contribution in [2.24, 2.45) is 11.7 Å². The van der Waals surface area contributed by atoms with E-state index in [0.717, 1.165) is 17.9 Å². The second-order valence-corrected chi connectivity index (χ2v) is 4.07. The van der Waals surface area contributed by atoms with Crippen LogP contribution >= 0.6 is 0 Å². The van der Waals surface area contributed by atoms with Crippen molar-refractivity contribution < 1.29 is 4.42 Å². The third-order valence-electron chi connectivity index (χ3n) is 2.98. The zero-order valence-electron chi connectivity index (χ0n) is 8.12. The second kappa shape index (κ2) is 3.54. The van der Waals surface area contributed by atoms with Gasteiger partial charge in [0.25, 0.3) is 0 Å². The van der Waals surface area contributed by atoms with Crippen molar-refractivity contribution in [3.8, 4) is 0 Å². The monoisotopic (exact) mass is 179 g/mol. The first-order chi connectivity index (χ1) is 6.25. The first-order valence-electron chi connectivity index (χ1n) is 5.06. The van der Waals surface area contributed by atoms with Crippen LogP contribution in [0.2, 0.25) is 0 Å². The summed E-state index contributed by atoms with van der Waals surface area (Å²) in [6.45, 7) is 1.98. The van der Waals surface area contributed by atoms with Crippen LogP contribution in [0.1, 0.15) is 30.8 Å². The zero-order valence-corrected chi connectivity index (χ0v) is 8.12. The largest absolute Gasteiger partial charge is 0.466 e. The molecule has 0 aromatic carbocycles. The topological polar surface area (TPSA) is 39.2 Å². The molecule has 0 aliphatic heterocycles. The maximum atomic E-state index is 5.99. The lowest BCUT2D eigenvalue weighted by Gasteiger charge is -2.12. The van der Waals surface area contributed by atoms with E-state index < -0.39 is 0 Å². The summed E-state index contributed by atoms with van der Waals surface area (Å²) in [5.41, 5.74) is 5.99. The number of furan rings is 1. The van der Waals surface area contributed by atoms with Crippen LogP contribution in [0.25, 0.3) is 0 Å². The molecule has 2 atom stereocenters. The summed E-state index contributed by atoms with van der Waals surface area (Å²) in [4.78, 5) is 0. The van der Waals surface area contributed by atoms with Gasteiger partial charge in [-0.2, -0.15) is 0 Å². The minimum Gasteiger partial charge on any atom is -0.466 e. The van der Waals surface area contributed by atoms with E-state index in [9.17, 15) is 0 Å². The molecule has 1 aromatic heterocycles. The first kappa shape index (κ1) is 8.82. The normalized spacial score (nSPS) is 28.2. The highest BCUT2D eigenvalue weighted by atomic mass is 16.3. The van der Waals surface area contributed by atoms with Gasteiger partial charge in [0, 0.05) is 12.5 Å². The molecule has 0 amide bonds. The van der Waals surface area contributed by atoms with Crippen LogP contribution in [0.3, 0.4) is 0 Å². The van der Waals surface area contributed by atoms with Crippen LogP contribution < -0.4 is 5.73 Å². The Hall–Kier alpha value is -0.760. The van der Waals surface area contributed by atoms with Gasteiger partial charge in [0.1, 0.15) is 11.5 Å². The molecule has 0 saturated heterocycles. The molecule has 13 heavy (non-hydrogen) atoms. The SMILES string of the molecule is Cc1ccc(C[C@@H]2CCC[C@@H]2N)o1. The molecule has 1 saturated carbocycles. The minimum absolute atomic E-state index is 0.394. The van der Waals surface area contributed by atoms with Crippen LogP contribution in [-0.2, 0) is 6.42 Å². The highest BCUT2D eigenvalue weighted by Crippen LogP contribution is 2.27. The van der Waals surface area contributed by atoms with Gasteiger partial charge in [-0.1, -0.05) is 6.42 Å². The molecule has 0 bridgehead atoms. The van der Waals surface area contributed by atoms with E-state index in [2.05, 4.69) is 6.07 Å². The number of hydrogen-bond donors (Lipinski definition) is 1. The van der Waals surface area contributed by atoms with Gasteiger partial charge in [-0.05, 0) is 37.8 Å². The smallest absolute Gasteiger partial charge is 0.104 e. The lowest BCUT2D eigenvalue weighted by atomic mass is 9.99. The molecule has 2 nitrogen and oxygen atoms in total. The summed E-state index contributed by atoms with van der Waals surface area (Å²) in [5, 5.41) is 0. The van der Waals surface area contributed by atoms with E-state index in [1.807, 2.05) is 13.0 Å². The van der Waals surface area contributed by atoms with Crippen LogP contribution in [0.15, 0.2) is 16.5 Å². The van der Waals surface area contributed by atoms with Crippen molar-refractivity contribution in [2.75, 3.05) is 0 Å². The fourth-order valence-corrected chi connectivity index (χ4v) is 2.17. The molecule has 1 heterocycles. The fourth-order valence-electron chi connectivity index (χ4n) is 2.17. The van der Waals surface area contributed by atoms with Crippen LogP contribution in [0.4, 0.5) is 0 Å². The molecule has 1 aliphatic carbocycles. The van der Waals surface area contributed by atoms with Crippen LogP contribution in [-0.4, -0.2) is 6.04 Å². The number of hydrogen-bond acceptors (Lipinski definition) is 2. The van der Waals surface area contributed by atoms with Gasteiger partial charge in [0.05, 0.1) is 0 Å². The quantitative estimate of drug-likeness (QED) is 0.756. The van der Waals surface area contributed by atoms with Gasteiger partial charge in [-0.3, -0.25) is 0 Å². The Morgan fingerprint density at radius 2 is 2.31 bits per heavy atom. The number of aryl methyl sites for hydroxylation is 1. The molecule has 72 valence electrons. The van der Waals surface area contributed by atoms with Gasteiger partial charge in [0.2, 0.25) is 0 Å². The Morgan fingerprint density at radius 3 is 2.85 bits per heavy atom. The summed E-state index contributed by atoms with van der Waals surface area (Å²) in [7, 11) is 0. The summed E-state index contributed by atoms with van der Waals surface area (Å²) in [6, 6.07) is 4.49. The summed E-state index contributed by atoms with van der Waals surface area (Å²) in [5.74, 6) is 2.74. The maximum Gasteiger partial charge on any atom is 0.104 e. The van der Waals surface area contributed by atoms with Crippen LogP contribution in [0.5, 0.6) is 0 Å². The summed E-state index contributed by atoms with van der Waals surface area (Å²) in [6.07, 6.45) is 4.76. The van der Waals surface area contributed by atoms with Crippen molar-refractivity contribution in [1.29, 1.82) is 0 Å². The Kier molecular flexibility index (Phi) is 2.40. The summed E-state index contributed by atoms with van der Waals surface area (Å²) < 4.78 is 5.54. The van der Waals surface area contributed by atoms with E-state index in [1.54, 1.807) is 0 Å². The van der Waals surface area contributed by atoms with E-state index >= 15 is 0 Å². The molecule has 2 rings (SSSR count). The van der Waals surface area contributed by atoms with Gasteiger partial charge in [-0.25, -0.2) is 0 Å². The Bertz CT molecular complexity index is 279. The van der Waals surface area contributed by atoms with E-state index in [-0.39, 0.29) is 0 Å². The predicted octanol–water partition coefficient (Wildman–Crippen LogP) is 2.26. The molecule has 0 radical (unpaired) electrons. The fraction of sp³-hybridized carbons (Fsp3) is 0.636. The lowest BCUT2D eigenvalue weighted by Crippen LogP contribution is -2.25. The second-order valence-electron chi connectivity index (χ2n) is 4.07. The Labute approximate surface area is 79.1 Å². The minimum atomic E-state index is 0.394. The third-order valence-corrected chi connectivity index (χ3v) is 2.98. The van der Waals surface area contributed by atoms with Crippen molar-refractivity contribution in [1.82, 2.24) is 0 Å². The molecular formula is C11H17NO. The Morgan fingerprint density at radius 1 is 1.46 bits per heavy atom. The average Bonchev–Trinajstić information content (AvgIpc) is 2.64. The summed E-state index contributed by atoms with van der Waals surface area (Å²) >= 11 is 0. The Balaban J connectivity index is 1.97. The van der Waals surface area contributed by atoms with Gasteiger partial charge in [0.15, 0.2) is 0 Å². The number of rotatable bonds is 2. The molecule has 1 fully saturated rings. The first-order valence-corrected chi connectivity index (χ1v) is 5.06. The highest BCUT2D eigenvalue weighted by Gasteiger charge is 2.24. The molecule has 2 N–H and O–H groups in total. The standard InChI is InChI=1S/C11H17NO/c1-8-5-6-10(13-8)7-9-3-2-4-11(9)12/h5-6,9,11H,2-4,7,12H2,1H3/t9-,11-/m0/s1. The van der Waals surface area contributed by atoms with Crippen molar-refractivity contribution in [3.05, 3.63) is 23.7 Å². The molecular weight excluding hydrogens is 162 g/mol. The van der Waals surface area contributed by atoms with Crippen molar-refractivity contribution in [3.63, 3.8) is 0 Å². The third kappa shape index (κ3) is 1.94. The van der Waals surface area contributed by atoms with Crippen molar-refractivity contribution >= 4 is 0 Å². The average molecular weight is 179 g/mol. The molecule has 0 unspecified atom stereocenters. The molecule has 1 aliphatic rings. The van der Waals surface area contributed by atoms with E-state index in [0.29, 0.717) is 12.0 Å². The van der Waals surface area contributed by atoms with Crippen molar-refractivity contribution in [2.45, 2.75) is 38.6 Å².